The Morgan fingerprint density at radius 2 is 2.07 bits per heavy atom. The quantitative estimate of drug-likeness (QED) is 0.788. The van der Waals surface area contributed by atoms with Gasteiger partial charge in [0.1, 0.15) is 6.17 Å². The molecule has 1 fully saturated rings. The van der Waals surface area contributed by atoms with Crippen molar-refractivity contribution in [2.75, 3.05) is 13.1 Å². The number of alkyl halides is 1. The second-order valence-corrected chi connectivity index (χ2v) is 4.66. The van der Waals surface area contributed by atoms with E-state index in [9.17, 15) is 4.39 Å². The van der Waals surface area contributed by atoms with Crippen LogP contribution in [-0.2, 0) is 6.54 Å². The lowest BCUT2D eigenvalue weighted by Crippen LogP contribution is -2.20. The third-order valence-electron chi connectivity index (χ3n) is 2.53. The molecule has 1 heterocycles. The molecule has 0 aliphatic carbocycles. The van der Waals surface area contributed by atoms with E-state index in [0.717, 1.165) is 17.6 Å². The third-order valence-corrected chi connectivity index (χ3v) is 3.06. The fourth-order valence-corrected chi connectivity index (χ4v) is 2.04. The fourth-order valence-electron chi connectivity index (χ4n) is 1.78. The molecule has 0 unspecified atom stereocenters. The second-order valence-electron chi connectivity index (χ2n) is 3.75. The molecular weight excluding hydrogens is 245 g/mol. The molecule has 76 valence electrons. The molecule has 0 radical (unpaired) electrons. The summed E-state index contributed by atoms with van der Waals surface area (Å²) in [4.78, 5) is 2.16. The van der Waals surface area contributed by atoms with E-state index >= 15 is 0 Å². The maximum Gasteiger partial charge on any atom is 0.114 e. The lowest BCUT2D eigenvalue weighted by atomic mass is 10.2. The van der Waals surface area contributed by atoms with Crippen LogP contribution in [0.25, 0.3) is 0 Å². The first-order valence-electron chi connectivity index (χ1n) is 4.85. The number of hydrogen-bond donors (Lipinski definition) is 0. The minimum absolute atomic E-state index is 0.593. The van der Waals surface area contributed by atoms with E-state index in [-0.39, 0.29) is 0 Å². The first-order valence-corrected chi connectivity index (χ1v) is 5.64. The van der Waals surface area contributed by atoms with E-state index in [1.54, 1.807) is 0 Å². The van der Waals surface area contributed by atoms with Gasteiger partial charge in [0.15, 0.2) is 0 Å². The highest BCUT2D eigenvalue weighted by atomic mass is 79.9. The highest BCUT2D eigenvalue weighted by Crippen LogP contribution is 2.17. The Morgan fingerprint density at radius 3 is 2.64 bits per heavy atom. The molecule has 1 nitrogen and oxygen atoms in total. The number of benzene rings is 1. The summed E-state index contributed by atoms with van der Waals surface area (Å²) < 4.78 is 14.0. The van der Waals surface area contributed by atoms with Crippen LogP contribution in [0.15, 0.2) is 28.7 Å². The Kier molecular flexibility index (Phi) is 3.19. The largest absolute Gasteiger partial charge is 0.296 e. The SMILES string of the molecule is F[C@@H]1CCN(Cc2ccc(Br)cc2)C1. The van der Waals surface area contributed by atoms with Crippen LogP contribution in [0.1, 0.15) is 12.0 Å². The summed E-state index contributed by atoms with van der Waals surface area (Å²) in [5.74, 6) is 0. The molecule has 0 aromatic heterocycles. The van der Waals surface area contributed by atoms with Gasteiger partial charge in [0.25, 0.3) is 0 Å². The summed E-state index contributed by atoms with van der Waals surface area (Å²) in [6.07, 6.45) is 0.0710. The monoisotopic (exact) mass is 257 g/mol. The molecule has 0 N–H and O–H groups in total. The van der Waals surface area contributed by atoms with E-state index in [0.29, 0.717) is 13.0 Å². The van der Waals surface area contributed by atoms with E-state index in [1.807, 2.05) is 12.1 Å². The predicted molar refractivity (Wildman–Crippen MR) is 58.9 cm³/mol. The highest BCUT2D eigenvalue weighted by molar-refractivity contribution is 9.10. The van der Waals surface area contributed by atoms with Crippen molar-refractivity contribution in [1.82, 2.24) is 4.90 Å². The minimum Gasteiger partial charge on any atom is -0.296 e. The summed E-state index contributed by atoms with van der Waals surface area (Å²) >= 11 is 3.39. The predicted octanol–water partition coefficient (Wildman–Crippen LogP) is 2.99. The molecule has 1 aromatic carbocycles. The topological polar surface area (TPSA) is 3.24 Å². The normalized spacial score (nSPS) is 22.9. The summed E-state index contributed by atoms with van der Waals surface area (Å²) in [5.41, 5.74) is 1.25. The molecule has 1 aliphatic rings. The van der Waals surface area contributed by atoms with Gasteiger partial charge in [0.2, 0.25) is 0 Å². The van der Waals surface area contributed by atoms with Crippen LogP contribution in [0.4, 0.5) is 4.39 Å². The molecule has 0 spiro atoms. The molecule has 14 heavy (non-hydrogen) atoms. The van der Waals surface area contributed by atoms with Gasteiger partial charge in [-0.15, -0.1) is 0 Å². The highest BCUT2D eigenvalue weighted by Gasteiger charge is 2.21. The van der Waals surface area contributed by atoms with Crippen LogP contribution < -0.4 is 0 Å². The minimum atomic E-state index is -0.620. The number of hydrogen-bond acceptors (Lipinski definition) is 1. The Morgan fingerprint density at radius 1 is 1.36 bits per heavy atom. The van der Waals surface area contributed by atoms with Crippen molar-refractivity contribution in [1.29, 1.82) is 0 Å². The second kappa shape index (κ2) is 4.41. The average Bonchev–Trinajstić information content (AvgIpc) is 2.56. The molecule has 2 rings (SSSR count). The average molecular weight is 258 g/mol. The van der Waals surface area contributed by atoms with Crippen LogP contribution in [-0.4, -0.2) is 24.2 Å². The van der Waals surface area contributed by atoms with E-state index in [1.165, 1.54) is 5.56 Å². The van der Waals surface area contributed by atoms with Gasteiger partial charge >= 0.3 is 0 Å². The molecule has 1 aromatic rings. The van der Waals surface area contributed by atoms with Crippen LogP contribution in [0.3, 0.4) is 0 Å². The molecule has 0 saturated carbocycles. The van der Waals surface area contributed by atoms with Crippen molar-refractivity contribution in [2.24, 2.45) is 0 Å². The molecular formula is C11H13BrFN. The summed E-state index contributed by atoms with van der Waals surface area (Å²) in [6.45, 7) is 2.35. The Labute approximate surface area is 92.0 Å². The van der Waals surface area contributed by atoms with Crippen molar-refractivity contribution in [2.45, 2.75) is 19.1 Å². The molecule has 1 aliphatic heterocycles. The third kappa shape index (κ3) is 2.55. The lowest BCUT2D eigenvalue weighted by Gasteiger charge is -2.14. The van der Waals surface area contributed by atoms with Crippen molar-refractivity contribution in [3.8, 4) is 0 Å². The summed E-state index contributed by atoms with van der Waals surface area (Å²) in [7, 11) is 0. The van der Waals surface area contributed by atoms with E-state index < -0.39 is 6.17 Å². The van der Waals surface area contributed by atoms with Gasteiger partial charge in [0.05, 0.1) is 0 Å². The van der Waals surface area contributed by atoms with Crippen LogP contribution in [0, 0.1) is 0 Å². The molecule has 0 bridgehead atoms. The van der Waals surface area contributed by atoms with E-state index in [4.69, 9.17) is 0 Å². The van der Waals surface area contributed by atoms with Gasteiger partial charge in [-0.2, -0.15) is 0 Å². The van der Waals surface area contributed by atoms with E-state index in [2.05, 4.69) is 33.0 Å². The summed E-state index contributed by atoms with van der Waals surface area (Å²) in [5, 5.41) is 0. The molecule has 3 heteroatoms. The van der Waals surface area contributed by atoms with Gasteiger partial charge in [-0.05, 0) is 24.1 Å². The number of nitrogens with zero attached hydrogens (tertiary/aromatic N) is 1. The first-order chi connectivity index (χ1) is 6.74. The maximum atomic E-state index is 12.9. The number of rotatable bonds is 2. The Hall–Kier alpha value is -0.410. The Balaban J connectivity index is 1.94. The molecule has 0 amide bonds. The van der Waals surface area contributed by atoms with Crippen molar-refractivity contribution in [3.05, 3.63) is 34.3 Å². The van der Waals surface area contributed by atoms with Gasteiger partial charge in [-0.3, -0.25) is 4.90 Å². The van der Waals surface area contributed by atoms with Crippen LogP contribution in [0.2, 0.25) is 0 Å². The molecule has 1 saturated heterocycles. The zero-order valence-corrected chi connectivity index (χ0v) is 9.50. The lowest BCUT2D eigenvalue weighted by molar-refractivity contribution is 0.282. The van der Waals surface area contributed by atoms with Crippen LogP contribution in [0.5, 0.6) is 0 Å². The number of likely N-dealkylation sites (tertiary alicyclic amines) is 1. The van der Waals surface area contributed by atoms with Gasteiger partial charge in [0, 0.05) is 24.1 Å². The first kappa shape index (κ1) is 10.1. The van der Waals surface area contributed by atoms with Crippen molar-refractivity contribution < 1.29 is 4.39 Å². The van der Waals surface area contributed by atoms with Crippen LogP contribution >= 0.6 is 15.9 Å². The van der Waals surface area contributed by atoms with Crippen molar-refractivity contribution >= 4 is 15.9 Å². The summed E-state index contributed by atoms with van der Waals surface area (Å²) in [6, 6.07) is 8.21. The molecule has 1 atom stereocenters. The van der Waals surface area contributed by atoms with Crippen molar-refractivity contribution in [3.63, 3.8) is 0 Å². The van der Waals surface area contributed by atoms with Gasteiger partial charge in [-0.1, -0.05) is 28.1 Å². The smallest absolute Gasteiger partial charge is 0.114 e. The number of halogens is 2. The standard InChI is InChI=1S/C11H13BrFN/c12-10-3-1-9(2-4-10)7-14-6-5-11(13)8-14/h1-4,11H,5-8H2/t11-/m1/s1. The fraction of sp³-hybridized carbons (Fsp3) is 0.455. The van der Waals surface area contributed by atoms with Gasteiger partial charge in [-0.25, -0.2) is 4.39 Å². The zero-order chi connectivity index (χ0) is 9.97. The Bertz CT molecular complexity index is 299. The zero-order valence-electron chi connectivity index (χ0n) is 7.92. The maximum absolute atomic E-state index is 12.9. The van der Waals surface area contributed by atoms with Gasteiger partial charge < -0.3 is 0 Å².